The van der Waals surface area contributed by atoms with Crippen LogP contribution in [0.15, 0.2) is 11.6 Å². The minimum absolute atomic E-state index is 0.175. The Bertz CT molecular complexity index is 591. The summed E-state index contributed by atoms with van der Waals surface area (Å²) in [6.45, 7) is 11.8. The van der Waals surface area contributed by atoms with E-state index in [1.54, 1.807) is 0 Å². The van der Waals surface area contributed by atoms with Crippen molar-refractivity contribution < 1.29 is 4.39 Å². The molecule has 0 nitrogen and oxygen atoms in total. The van der Waals surface area contributed by atoms with E-state index >= 15 is 0 Å². The van der Waals surface area contributed by atoms with Gasteiger partial charge < -0.3 is 0 Å². The molecule has 0 bridgehead atoms. The molecular weight excluding hydrogens is 343 g/mol. The van der Waals surface area contributed by atoms with Crippen molar-refractivity contribution in [2.75, 3.05) is 0 Å². The van der Waals surface area contributed by atoms with Gasteiger partial charge >= 0.3 is 0 Å². The summed E-state index contributed by atoms with van der Waals surface area (Å²) in [6.07, 6.45) is 16.7. The van der Waals surface area contributed by atoms with Gasteiger partial charge in [0.25, 0.3) is 0 Å². The topological polar surface area (TPSA) is 0 Å². The molecule has 1 heteroatoms. The fourth-order valence-electron chi connectivity index (χ4n) is 8.63. The van der Waals surface area contributed by atoms with E-state index in [0.29, 0.717) is 16.7 Å². The van der Waals surface area contributed by atoms with Crippen LogP contribution in [-0.4, -0.2) is 6.17 Å². The first-order valence-corrected chi connectivity index (χ1v) is 12.6. The Morgan fingerprint density at radius 1 is 1.00 bits per heavy atom. The highest BCUT2D eigenvalue weighted by Gasteiger charge is 2.58. The molecule has 8 atom stereocenters. The number of hydrogen-bond donors (Lipinski definition) is 0. The lowest BCUT2D eigenvalue weighted by Crippen LogP contribution is -2.50. The molecule has 0 aromatic heterocycles. The Kier molecular flexibility index (Phi) is 5.78. The summed E-state index contributed by atoms with van der Waals surface area (Å²) in [5, 5.41) is 0. The number of allylic oxidation sites excluding steroid dienone is 2. The summed E-state index contributed by atoms with van der Waals surface area (Å²) in [7, 11) is 0. The molecule has 160 valence electrons. The van der Waals surface area contributed by atoms with Crippen molar-refractivity contribution in [3.63, 3.8) is 0 Å². The van der Waals surface area contributed by atoms with E-state index in [1.807, 2.05) is 19.4 Å². The van der Waals surface area contributed by atoms with Gasteiger partial charge in [-0.05, 0) is 111 Å². The molecule has 0 N–H and O–H groups in total. The molecule has 0 radical (unpaired) electrons. The van der Waals surface area contributed by atoms with E-state index < -0.39 is 6.17 Å². The molecule has 4 rings (SSSR count). The van der Waals surface area contributed by atoms with Crippen LogP contribution in [0, 0.1) is 46.3 Å². The summed E-state index contributed by atoms with van der Waals surface area (Å²) in [6, 6.07) is 0. The SMILES string of the molecule is CC(C)C(F)CC[C@@H](C)[C@H]1CC[C@H]2[C@@H]3CC=C4CCCC[C@]4(C)[C@H]3CC[C@]12C. The zero-order chi connectivity index (χ0) is 20.1. The van der Waals surface area contributed by atoms with Crippen molar-refractivity contribution >= 4 is 0 Å². The summed E-state index contributed by atoms with van der Waals surface area (Å²) in [5.74, 6) is 4.46. The van der Waals surface area contributed by atoms with Gasteiger partial charge in [0.15, 0.2) is 0 Å². The summed E-state index contributed by atoms with van der Waals surface area (Å²) in [5.41, 5.74) is 2.86. The molecule has 0 saturated heterocycles. The Balaban J connectivity index is 1.48. The summed E-state index contributed by atoms with van der Waals surface area (Å²) in [4.78, 5) is 0. The monoisotopic (exact) mass is 388 g/mol. The molecule has 0 aromatic carbocycles. The first kappa shape index (κ1) is 20.9. The van der Waals surface area contributed by atoms with Crippen molar-refractivity contribution in [3.8, 4) is 0 Å². The maximum absolute atomic E-state index is 14.2. The van der Waals surface area contributed by atoms with Crippen molar-refractivity contribution in [3.05, 3.63) is 11.6 Å². The van der Waals surface area contributed by atoms with Crippen molar-refractivity contribution in [1.29, 1.82) is 0 Å². The second-order valence-electron chi connectivity index (χ2n) is 12.0. The quantitative estimate of drug-likeness (QED) is 0.415. The standard InChI is InChI=1S/C27H45F/c1-18(2)25(28)14-9-19(3)22-12-13-23-21-11-10-20-8-6-7-16-26(20,4)24(21)15-17-27(22,23)5/h10,18-19,21-25H,6-9,11-17H2,1-5H3/t19-,21+,22-,23+,24+,25?,26+,27-/m1/s1. The second kappa shape index (κ2) is 7.73. The van der Waals surface area contributed by atoms with Crippen molar-refractivity contribution in [2.45, 2.75) is 111 Å². The Hall–Kier alpha value is -0.330. The molecule has 3 saturated carbocycles. The van der Waals surface area contributed by atoms with Crippen LogP contribution in [-0.2, 0) is 0 Å². The molecule has 0 amide bonds. The molecule has 1 unspecified atom stereocenters. The first-order chi connectivity index (χ1) is 13.3. The van der Waals surface area contributed by atoms with Crippen LogP contribution in [0.4, 0.5) is 4.39 Å². The zero-order valence-electron chi connectivity index (χ0n) is 19.3. The number of halogens is 1. The van der Waals surface area contributed by atoms with E-state index in [2.05, 4.69) is 26.8 Å². The smallest absolute Gasteiger partial charge is 0.102 e. The van der Waals surface area contributed by atoms with Gasteiger partial charge in [-0.2, -0.15) is 0 Å². The van der Waals surface area contributed by atoms with Crippen LogP contribution in [0.5, 0.6) is 0 Å². The van der Waals surface area contributed by atoms with Gasteiger partial charge in [0.2, 0.25) is 0 Å². The number of fused-ring (bicyclic) bond motifs is 5. The van der Waals surface area contributed by atoms with Crippen molar-refractivity contribution in [1.82, 2.24) is 0 Å². The third-order valence-corrected chi connectivity index (χ3v) is 10.4. The molecule has 4 aliphatic carbocycles. The van der Waals surface area contributed by atoms with Gasteiger partial charge in [0.05, 0.1) is 0 Å². The van der Waals surface area contributed by atoms with Gasteiger partial charge in [-0.3, -0.25) is 0 Å². The summed E-state index contributed by atoms with van der Waals surface area (Å²) >= 11 is 0. The normalized spacial score (nSPS) is 45.0. The highest BCUT2D eigenvalue weighted by Crippen LogP contribution is 2.67. The van der Waals surface area contributed by atoms with Crippen molar-refractivity contribution in [2.24, 2.45) is 46.3 Å². The predicted octanol–water partition coefficient (Wildman–Crippen LogP) is 8.37. The third kappa shape index (κ3) is 3.31. The first-order valence-electron chi connectivity index (χ1n) is 12.6. The van der Waals surface area contributed by atoms with Crippen LogP contribution in [0.25, 0.3) is 0 Å². The lowest BCUT2D eigenvalue weighted by molar-refractivity contribution is -0.0504. The van der Waals surface area contributed by atoms with Gasteiger partial charge in [-0.15, -0.1) is 0 Å². The maximum atomic E-state index is 14.2. The summed E-state index contributed by atoms with van der Waals surface area (Å²) < 4.78 is 14.2. The Labute approximate surface area is 174 Å². The number of alkyl halides is 1. The Morgan fingerprint density at radius 2 is 1.79 bits per heavy atom. The second-order valence-corrected chi connectivity index (χ2v) is 12.0. The minimum Gasteiger partial charge on any atom is -0.247 e. The largest absolute Gasteiger partial charge is 0.247 e. The van der Waals surface area contributed by atoms with Gasteiger partial charge in [-0.1, -0.05) is 52.7 Å². The van der Waals surface area contributed by atoms with Crippen LogP contribution >= 0.6 is 0 Å². The molecule has 3 fully saturated rings. The molecule has 0 aliphatic heterocycles. The average molecular weight is 389 g/mol. The van der Waals surface area contributed by atoms with Crippen LogP contribution in [0.3, 0.4) is 0 Å². The third-order valence-electron chi connectivity index (χ3n) is 10.4. The molecule has 0 spiro atoms. The van der Waals surface area contributed by atoms with Crippen LogP contribution < -0.4 is 0 Å². The molecule has 28 heavy (non-hydrogen) atoms. The van der Waals surface area contributed by atoms with E-state index in [9.17, 15) is 4.39 Å². The molecule has 4 aliphatic rings. The van der Waals surface area contributed by atoms with E-state index in [0.717, 1.165) is 36.5 Å². The fourth-order valence-corrected chi connectivity index (χ4v) is 8.63. The fraction of sp³-hybridized carbons (Fsp3) is 0.926. The lowest BCUT2D eigenvalue weighted by atomic mass is 9.47. The minimum atomic E-state index is -0.614. The molecule has 0 aromatic rings. The molecular formula is C27H45F. The molecule has 0 heterocycles. The maximum Gasteiger partial charge on any atom is 0.102 e. The van der Waals surface area contributed by atoms with E-state index in [1.165, 1.54) is 57.8 Å². The van der Waals surface area contributed by atoms with Gasteiger partial charge in [0.1, 0.15) is 6.17 Å². The lowest BCUT2D eigenvalue weighted by Gasteiger charge is -2.58. The Morgan fingerprint density at radius 3 is 2.54 bits per heavy atom. The van der Waals surface area contributed by atoms with E-state index in [-0.39, 0.29) is 5.92 Å². The highest BCUT2D eigenvalue weighted by atomic mass is 19.1. The zero-order valence-corrected chi connectivity index (χ0v) is 19.3. The van der Waals surface area contributed by atoms with Crippen LogP contribution in [0.2, 0.25) is 0 Å². The van der Waals surface area contributed by atoms with Gasteiger partial charge in [0, 0.05) is 0 Å². The number of hydrogen-bond acceptors (Lipinski definition) is 0. The average Bonchev–Trinajstić information content (AvgIpc) is 3.02. The highest BCUT2D eigenvalue weighted by molar-refractivity contribution is 5.24. The number of rotatable bonds is 5. The van der Waals surface area contributed by atoms with Gasteiger partial charge in [-0.25, -0.2) is 4.39 Å². The predicted molar refractivity (Wildman–Crippen MR) is 118 cm³/mol. The van der Waals surface area contributed by atoms with E-state index in [4.69, 9.17) is 0 Å². The van der Waals surface area contributed by atoms with Crippen LogP contribution in [0.1, 0.15) is 105 Å².